The fourth-order valence-electron chi connectivity index (χ4n) is 2.41. The van der Waals surface area contributed by atoms with E-state index in [2.05, 4.69) is 5.32 Å². The molecule has 0 heterocycles. The lowest BCUT2D eigenvalue weighted by Gasteiger charge is -2.15. The van der Waals surface area contributed by atoms with Crippen molar-refractivity contribution in [1.82, 2.24) is 0 Å². The number of quaternary nitrogens is 1. The summed E-state index contributed by atoms with van der Waals surface area (Å²) in [5, 5.41) is 3.77. The van der Waals surface area contributed by atoms with Crippen molar-refractivity contribution in [3.05, 3.63) is 58.1 Å². The number of benzene rings is 2. The summed E-state index contributed by atoms with van der Waals surface area (Å²) in [7, 11) is -1.56. The van der Waals surface area contributed by atoms with Crippen molar-refractivity contribution in [1.29, 1.82) is 0 Å². The highest BCUT2D eigenvalue weighted by molar-refractivity contribution is 7.90. The summed E-state index contributed by atoms with van der Waals surface area (Å²) in [5.74, 6) is -0.279. The molecule has 2 aromatic rings. The molecule has 0 radical (unpaired) electrons. The molecule has 0 spiro atoms. The third kappa shape index (κ3) is 5.71. The van der Waals surface area contributed by atoms with Gasteiger partial charge in [-0.25, -0.2) is 8.42 Å². The Bertz CT molecular complexity index is 885. The zero-order valence-electron chi connectivity index (χ0n) is 13.8. The summed E-state index contributed by atoms with van der Waals surface area (Å²) < 4.78 is 23.6. The molecule has 0 bridgehead atoms. The van der Waals surface area contributed by atoms with Crippen LogP contribution >= 0.6 is 23.2 Å². The topological polar surface area (TPSA) is 67.7 Å². The summed E-state index contributed by atoms with van der Waals surface area (Å²) in [5.41, 5.74) is 1.17. The van der Waals surface area contributed by atoms with Gasteiger partial charge in [0.25, 0.3) is 5.91 Å². The SMILES string of the molecule is C[NH+](CC(=O)Nc1ccccc1S(C)(=O)=O)Cc1ccc(Cl)cc1Cl. The molecule has 8 heteroatoms. The van der Waals surface area contributed by atoms with Crippen LogP contribution in [0.4, 0.5) is 5.69 Å². The van der Waals surface area contributed by atoms with Gasteiger partial charge in [0.05, 0.1) is 22.7 Å². The van der Waals surface area contributed by atoms with Crippen LogP contribution in [0.2, 0.25) is 10.0 Å². The van der Waals surface area contributed by atoms with E-state index >= 15 is 0 Å². The van der Waals surface area contributed by atoms with Crippen LogP contribution in [0.5, 0.6) is 0 Å². The Balaban J connectivity index is 2.03. The molecule has 0 aliphatic rings. The van der Waals surface area contributed by atoms with Crippen LogP contribution in [0.1, 0.15) is 5.56 Å². The molecular formula is C17H19Cl2N2O3S+. The summed E-state index contributed by atoms with van der Waals surface area (Å²) in [6.07, 6.45) is 1.11. The van der Waals surface area contributed by atoms with Crippen LogP contribution in [0.15, 0.2) is 47.4 Å². The Labute approximate surface area is 157 Å². The van der Waals surface area contributed by atoms with Gasteiger partial charge in [-0.1, -0.05) is 41.4 Å². The lowest BCUT2D eigenvalue weighted by atomic mass is 10.2. The molecule has 0 saturated heterocycles. The van der Waals surface area contributed by atoms with E-state index in [1.807, 2.05) is 13.1 Å². The fourth-order valence-corrected chi connectivity index (χ4v) is 3.73. The van der Waals surface area contributed by atoms with E-state index < -0.39 is 9.84 Å². The highest BCUT2D eigenvalue weighted by Crippen LogP contribution is 2.21. The Morgan fingerprint density at radius 1 is 1.16 bits per heavy atom. The first-order chi connectivity index (χ1) is 11.7. The van der Waals surface area contributed by atoms with Crippen molar-refractivity contribution in [3.63, 3.8) is 0 Å². The van der Waals surface area contributed by atoms with Gasteiger partial charge >= 0.3 is 0 Å². The van der Waals surface area contributed by atoms with E-state index in [1.54, 1.807) is 30.3 Å². The Morgan fingerprint density at radius 2 is 1.84 bits per heavy atom. The zero-order valence-corrected chi connectivity index (χ0v) is 16.2. The number of hydrogen-bond donors (Lipinski definition) is 2. The van der Waals surface area contributed by atoms with Crippen LogP contribution < -0.4 is 10.2 Å². The van der Waals surface area contributed by atoms with Crippen molar-refractivity contribution in [2.75, 3.05) is 25.2 Å². The average molecular weight is 402 g/mol. The number of hydrogen-bond acceptors (Lipinski definition) is 3. The number of sulfone groups is 1. The van der Waals surface area contributed by atoms with E-state index in [4.69, 9.17) is 23.2 Å². The van der Waals surface area contributed by atoms with Gasteiger partial charge in [0.15, 0.2) is 16.4 Å². The van der Waals surface area contributed by atoms with Gasteiger partial charge in [0, 0.05) is 16.8 Å². The molecule has 2 aromatic carbocycles. The van der Waals surface area contributed by atoms with Gasteiger partial charge in [0.1, 0.15) is 6.54 Å². The Kier molecular flexibility index (Phi) is 6.46. The second-order valence-electron chi connectivity index (χ2n) is 5.86. The van der Waals surface area contributed by atoms with E-state index in [0.717, 1.165) is 16.7 Å². The van der Waals surface area contributed by atoms with Gasteiger partial charge in [0.2, 0.25) is 0 Å². The first kappa shape index (κ1) is 19.7. The Morgan fingerprint density at radius 3 is 2.48 bits per heavy atom. The number of halogens is 2. The van der Waals surface area contributed by atoms with Crippen LogP contribution in [0.25, 0.3) is 0 Å². The van der Waals surface area contributed by atoms with Gasteiger partial charge in [-0.15, -0.1) is 0 Å². The molecule has 1 unspecified atom stereocenters. The standard InChI is InChI=1S/C17H18Cl2N2O3S/c1-21(10-12-7-8-13(18)9-14(12)19)11-17(22)20-15-5-3-4-6-16(15)25(2,23)24/h3-9H,10-11H2,1-2H3,(H,20,22)/p+1. The van der Waals surface area contributed by atoms with E-state index in [9.17, 15) is 13.2 Å². The summed E-state index contributed by atoms with van der Waals surface area (Å²) >= 11 is 12.0. The molecule has 1 atom stereocenters. The molecule has 25 heavy (non-hydrogen) atoms. The first-order valence-electron chi connectivity index (χ1n) is 7.51. The van der Waals surface area contributed by atoms with Crippen LogP contribution in [-0.4, -0.2) is 34.2 Å². The maximum Gasteiger partial charge on any atom is 0.279 e. The molecule has 0 fully saturated rings. The fraction of sp³-hybridized carbons (Fsp3) is 0.235. The minimum absolute atomic E-state index is 0.0988. The molecule has 0 aromatic heterocycles. The van der Waals surface area contributed by atoms with Gasteiger partial charge in [-0.05, 0) is 24.3 Å². The van der Waals surface area contributed by atoms with Gasteiger partial charge in [-0.2, -0.15) is 0 Å². The number of carbonyl (C=O) groups excluding carboxylic acids is 1. The molecule has 5 nitrogen and oxygen atoms in total. The molecule has 2 rings (SSSR count). The van der Waals surface area contributed by atoms with Crippen molar-refractivity contribution >= 4 is 44.6 Å². The molecule has 1 amide bonds. The minimum Gasteiger partial charge on any atom is -0.326 e. The maximum atomic E-state index is 12.3. The van der Waals surface area contributed by atoms with Crippen LogP contribution in [0, 0.1) is 0 Å². The van der Waals surface area contributed by atoms with Crippen LogP contribution in [0.3, 0.4) is 0 Å². The zero-order chi connectivity index (χ0) is 18.6. The maximum absolute atomic E-state index is 12.3. The average Bonchev–Trinajstić information content (AvgIpc) is 2.49. The lowest BCUT2D eigenvalue weighted by molar-refractivity contribution is -0.885. The largest absolute Gasteiger partial charge is 0.326 e. The number of likely N-dealkylation sites (N-methyl/N-ethyl adjacent to an activating group) is 1. The van der Waals surface area contributed by atoms with Crippen LogP contribution in [-0.2, 0) is 21.2 Å². The number of rotatable bonds is 6. The third-order valence-corrected chi connectivity index (χ3v) is 5.27. The smallest absolute Gasteiger partial charge is 0.279 e. The van der Waals surface area contributed by atoms with Crippen molar-refractivity contribution in [3.8, 4) is 0 Å². The van der Waals surface area contributed by atoms with Gasteiger partial charge < -0.3 is 10.2 Å². The first-order valence-corrected chi connectivity index (χ1v) is 10.2. The summed E-state index contributed by atoms with van der Waals surface area (Å²) in [6.45, 7) is 0.703. The number of carbonyl (C=O) groups is 1. The third-order valence-electron chi connectivity index (χ3n) is 3.53. The predicted molar refractivity (Wildman–Crippen MR) is 100 cm³/mol. The van der Waals surface area contributed by atoms with Crippen molar-refractivity contribution < 1.29 is 18.1 Å². The van der Waals surface area contributed by atoms with Crippen molar-refractivity contribution in [2.24, 2.45) is 0 Å². The number of para-hydroxylation sites is 1. The summed E-state index contributed by atoms with van der Waals surface area (Å²) in [4.78, 5) is 13.3. The summed E-state index contributed by atoms with van der Waals surface area (Å²) in [6, 6.07) is 11.6. The second kappa shape index (κ2) is 8.19. The minimum atomic E-state index is -3.42. The monoisotopic (exact) mass is 401 g/mol. The van der Waals surface area contributed by atoms with Crippen molar-refractivity contribution in [2.45, 2.75) is 11.4 Å². The molecule has 0 saturated carbocycles. The van der Waals surface area contributed by atoms with E-state index in [0.29, 0.717) is 16.6 Å². The molecule has 0 aliphatic heterocycles. The van der Waals surface area contributed by atoms with Gasteiger partial charge in [-0.3, -0.25) is 4.79 Å². The second-order valence-corrected chi connectivity index (χ2v) is 8.69. The van der Waals surface area contributed by atoms with E-state index in [-0.39, 0.29) is 23.0 Å². The van der Waals surface area contributed by atoms with E-state index in [1.165, 1.54) is 6.07 Å². The number of amides is 1. The molecule has 0 aliphatic carbocycles. The predicted octanol–water partition coefficient (Wildman–Crippen LogP) is 2.05. The quantitative estimate of drug-likeness (QED) is 0.777. The highest BCUT2D eigenvalue weighted by Gasteiger charge is 2.17. The Hall–Kier alpha value is -1.60. The lowest BCUT2D eigenvalue weighted by Crippen LogP contribution is -3.08. The molecule has 2 N–H and O–H groups in total. The number of nitrogens with one attached hydrogen (secondary N) is 2. The molecular weight excluding hydrogens is 383 g/mol. The normalized spacial score (nSPS) is 12.6. The molecule has 134 valence electrons. The highest BCUT2D eigenvalue weighted by atomic mass is 35.5. The number of anilines is 1.